The quantitative estimate of drug-likeness (QED) is 0.894. The van der Waals surface area contributed by atoms with Crippen LogP contribution in [-0.2, 0) is 4.79 Å². The van der Waals surface area contributed by atoms with Gasteiger partial charge in [-0.25, -0.2) is 14.3 Å². The summed E-state index contributed by atoms with van der Waals surface area (Å²) < 4.78 is 1.75. The number of carbonyl (C=O) groups is 1. The van der Waals surface area contributed by atoms with Crippen molar-refractivity contribution in [3.8, 4) is 0 Å². The van der Waals surface area contributed by atoms with Crippen LogP contribution < -0.4 is 5.32 Å². The van der Waals surface area contributed by atoms with E-state index in [-0.39, 0.29) is 0 Å². The molecule has 0 radical (unpaired) electrons. The molecular formula is C14H18N4O2. The van der Waals surface area contributed by atoms with Gasteiger partial charge in [0.15, 0.2) is 5.82 Å². The lowest BCUT2D eigenvalue weighted by Gasteiger charge is -2.38. The molecule has 0 aliphatic heterocycles. The first-order valence-corrected chi connectivity index (χ1v) is 6.88. The van der Waals surface area contributed by atoms with Crippen molar-refractivity contribution < 1.29 is 9.90 Å². The van der Waals surface area contributed by atoms with E-state index in [2.05, 4.69) is 29.2 Å². The van der Waals surface area contributed by atoms with Crippen molar-refractivity contribution in [3.63, 3.8) is 0 Å². The van der Waals surface area contributed by atoms with Crippen LogP contribution in [0, 0.1) is 0 Å². The van der Waals surface area contributed by atoms with Gasteiger partial charge in [-0.2, -0.15) is 5.10 Å². The van der Waals surface area contributed by atoms with Gasteiger partial charge in [0.05, 0.1) is 5.69 Å². The van der Waals surface area contributed by atoms with Crippen molar-refractivity contribution in [2.24, 2.45) is 0 Å². The highest BCUT2D eigenvalue weighted by molar-refractivity contribution is 5.85. The number of hydrogen-bond donors (Lipinski definition) is 2. The van der Waals surface area contributed by atoms with Crippen LogP contribution in [0.4, 0.5) is 5.82 Å². The smallest absolute Gasteiger partial charge is 0.329 e. The lowest BCUT2D eigenvalue weighted by atomic mass is 9.77. The molecule has 0 aromatic carbocycles. The second-order valence-corrected chi connectivity index (χ2v) is 5.70. The summed E-state index contributed by atoms with van der Waals surface area (Å²) in [6.07, 6.45) is 5.62. The number of nitrogens with one attached hydrogen (secondary N) is 1. The molecule has 1 fully saturated rings. The second-order valence-electron chi connectivity index (χ2n) is 5.70. The molecule has 2 aromatic heterocycles. The highest BCUT2D eigenvalue weighted by atomic mass is 16.4. The SMILES string of the molecule is CC(C)c1cc2c(NC3(C(=O)O)CCC3)nccn2n1. The fraction of sp³-hybridized carbons (Fsp3) is 0.500. The maximum atomic E-state index is 11.4. The Morgan fingerprint density at radius 2 is 2.25 bits per heavy atom. The minimum absolute atomic E-state index is 0.319. The fourth-order valence-corrected chi connectivity index (χ4v) is 2.47. The highest BCUT2D eigenvalue weighted by Crippen LogP contribution is 2.36. The van der Waals surface area contributed by atoms with Crippen molar-refractivity contribution in [2.75, 3.05) is 5.32 Å². The average molecular weight is 274 g/mol. The molecule has 6 nitrogen and oxygen atoms in total. The minimum Gasteiger partial charge on any atom is -0.480 e. The molecule has 1 aliphatic rings. The first-order chi connectivity index (χ1) is 9.52. The van der Waals surface area contributed by atoms with Crippen LogP contribution in [0.5, 0.6) is 0 Å². The van der Waals surface area contributed by atoms with Gasteiger partial charge >= 0.3 is 5.97 Å². The van der Waals surface area contributed by atoms with Gasteiger partial charge in [0, 0.05) is 12.4 Å². The van der Waals surface area contributed by atoms with E-state index in [1.54, 1.807) is 16.9 Å². The Morgan fingerprint density at radius 3 is 2.80 bits per heavy atom. The zero-order valence-corrected chi connectivity index (χ0v) is 11.6. The molecule has 2 aromatic rings. The summed E-state index contributed by atoms with van der Waals surface area (Å²) in [6.45, 7) is 4.15. The molecule has 0 saturated heterocycles. The molecule has 0 unspecified atom stereocenters. The van der Waals surface area contributed by atoms with Crippen LogP contribution in [-0.4, -0.2) is 31.2 Å². The highest BCUT2D eigenvalue weighted by Gasteiger charge is 2.45. The van der Waals surface area contributed by atoms with Gasteiger partial charge in [-0.15, -0.1) is 0 Å². The van der Waals surface area contributed by atoms with Gasteiger partial charge in [0.25, 0.3) is 0 Å². The van der Waals surface area contributed by atoms with Gasteiger partial charge < -0.3 is 10.4 Å². The van der Waals surface area contributed by atoms with Gasteiger partial charge in [0.2, 0.25) is 0 Å². The number of rotatable bonds is 4. The fourth-order valence-electron chi connectivity index (χ4n) is 2.47. The van der Waals surface area contributed by atoms with E-state index in [1.807, 2.05) is 6.07 Å². The Bertz CT molecular complexity index is 658. The summed E-state index contributed by atoms with van der Waals surface area (Å²) in [6, 6.07) is 1.97. The zero-order chi connectivity index (χ0) is 14.3. The maximum Gasteiger partial charge on any atom is 0.329 e. The van der Waals surface area contributed by atoms with E-state index < -0.39 is 11.5 Å². The largest absolute Gasteiger partial charge is 0.480 e. The van der Waals surface area contributed by atoms with Crippen molar-refractivity contribution in [2.45, 2.75) is 44.6 Å². The van der Waals surface area contributed by atoms with E-state index in [1.165, 1.54) is 0 Å². The van der Waals surface area contributed by atoms with Gasteiger partial charge in [-0.1, -0.05) is 13.8 Å². The van der Waals surface area contributed by atoms with Crippen molar-refractivity contribution in [3.05, 3.63) is 24.2 Å². The summed E-state index contributed by atoms with van der Waals surface area (Å²) in [5, 5.41) is 17.0. The van der Waals surface area contributed by atoms with Gasteiger partial charge in [0.1, 0.15) is 11.1 Å². The summed E-state index contributed by atoms with van der Waals surface area (Å²) >= 11 is 0. The Kier molecular flexibility index (Phi) is 2.88. The number of aliphatic carboxylic acids is 1. The molecule has 106 valence electrons. The molecule has 20 heavy (non-hydrogen) atoms. The molecule has 1 aliphatic carbocycles. The Morgan fingerprint density at radius 1 is 1.50 bits per heavy atom. The van der Waals surface area contributed by atoms with E-state index in [9.17, 15) is 9.90 Å². The summed E-state index contributed by atoms with van der Waals surface area (Å²) in [4.78, 5) is 15.7. The van der Waals surface area contributed by atoms with Crippen LogP contribution in [0.2, 0.25) is 0 Å². The predicted octanol–water partition coefficient (Wildman–Crippen LogP) is 2.27. The topological polar surface area (TPSA) is 79.5 Å². The lowest BCUT2D eigenvalue weighted by molar-refractivity contribution is -0.145. The number of anilines is 1. The second kappa shape index (κ2) is 4.47. The molecule has 2 heterocycles. The van der Waals surface area contributed by atoms with Crippen LogP contribution in [0.25, 0.3) is 5.52 Å². The van der Waals surface area contributed by atoms with Crippen molar-refractivity contribution >= 4 is 17.3 Å². The van der Waals surface area contributed by atoms with Gasteiger partial charge in [-0.05, 0) is 31.2 Å². The Balaban J connectivity index is 2.01. The molecule has 0 spiro atoms. The molecule has 3 rings (SSSR count). The normalized spacial score (nSPS) is 17.1. The van der Waals surface area contributed by atoms with E-state index in [0.717, 1.165) is 17.6 Å². The minimum atomic E-state index is -0.864. The number of fused-ring (bicyclic) bond motifs is 1. The monoisotopic (exact) mass is 274 g/mol. The summed E-state index contributed by atoms with van der Waals surface area (Å²) in [5.41, 5.74) is 0.930. The van der Waals surface area contributed by atoms with Gasteiger partial charge in [-0.3, -0.25) is 0 Å². The average Bonchev–Trinajstić information content (AvgIpc) is 2.78. The molecular weight excluding hydrogens is 256 g/mol. The molecule has 0 bridgehead atoms. The zero-order valence-electron chi connectivity index (χ0n) is 11.6. The van der Waals surface area contributed by atoms with Crippen LogP contribution in [0.15, 0.2) is 18.5 Å². The third-order valence-corrected chi connectivity index (χ3v) is 3.97. The van der Waals surface area contributed by atoms with E-state index >= 15 is 0 Å². The third-order valence-electron chi connectivity index (χ3n) is 3.97. The van der Waals surface area contributed by atoms with Crippen molar-refractivity contribution in [1.29, 1.82) is 0 Å². The first-order valence-electron chi connectivity index (χ1n) is 6.88. The summed E-state index contributed by atoms with van der Waals surface area (Å²) in [7, 11) is 0. The summed E-state index contributed by atoms with van der Waals surface area (Å²) in [5.74, 6) is 0.102. The molecule has 1 saturated carbocycles. The van der Waals surface area contributed by atoms with Crippen LogP contribution in [0.3, 0.4) is 0 Å². The van der Waals surface area contributed by atoms with Crippen LogP contribution in [0.1, 0.15) is 44.7 Å². The standard InChI is InChI=1S/C14H18N4O2/c1-9(2)10-8-11-12(15-6-7-18(11)17-10)16-14(13(19)20)4-3-5-14/h6-9H,3-5H2,1-2H3,(H,15,16)(H,19,20). The molecule has 0 atom stereocenters. The lowest BCUT2D eigenvalue weighted by Crippen LogP contribution is -2.52. The predicted molar refractivity (Wildman–Crippen MR) is 74.9 cm³/mol. The number of hydrogen-bond acceptors (Lipinski definition) is 4. The maximum absolute atomic E-state index is 11.4. The number of aromatic nitrogens is 3. The van der Waals surface area contributed by atoms with Crippen LogP contribution >= 0.6 is 0 Å². The number of carboxylic acids is 1. The van der Waals surface area contributed by atoms with E-state index in [0.29, 0.717) is 24.6 Å². The Labute approximate surface area is 116 Å². The Hall–Kier alpha value is -2.11. The number of carboxylic acid groups (broad SMARTS) is 1. The number of nitrogens with zero attached hydrogens (tertiary/aromatic N) is 3. The third kappa shape index (κ3) is 1.92. The first kappa shape index (κ1) is 12.9. The van der Waals surface area contributed by atoms with E-state index in [4.69, 9.17) is 0 Å². The molecule has 0 amide bonds. The van der Waals surface area contributed by atoms with Crippen molar-refractivity contribution in [1.82, 2.24) is 14.6 Å². The molecule has 6 heteroatoms. The molecule has 2 N–H and O–H groups in total.